The fourth-order valence-electron chi connectivity index (χ4n) is 4.05. The van der Waals surface area contributed by atoms with Gasteiger partial charge < -0.3 is 15.0 Å². The van der Waals surface area contributed by atoms with Crippen LogP contribution in [0.5, 0.6) is 0 Å². The third kappa shape index (κ3) is 5.40. The van der Waals surface area contributed by atoms with Gasteiger partial charge in [-0.3, -0.25) is 14.9 Å². The largest absolute Gasteiger partial charge is 0.444 e. The molecule has 1 aromatic carbocycles. The summed E-state index contributed by atoms with van der Waals surface area (Å²) in [4.78, 5) is 38.2. The number of hydrogen-bond acceptors (Lipinski definition) is 4. The van der Waals surface area contributed by atoms with E-state index >= 15 is 0 Å². The molecule has 0 aromatic heterocycles. The summed E-state index contributed by atoms with van der Waals surface area (Å²) < 4.78 is 5.29. The van der Waals surface area contributed by atoms with E-state index in [1.165, 1.54) is 6.08 Å². The van der Waals surface area contributed by atoms with Crippen molar-refractivity contribution in [3.63, 3.8) is 0 Å². The SMILES string of the molecule is C=CC(=O)N1CCC(C(=O)NC2CCc3cc(NC(=O)OC(C)(C)C)ccc32)CC1. The number of anilines is 1. The monoisotopic (exact) mass is 413 g/mol. The Bertz CT molecular complexity index is 835. The maximum Gasteiger partial charge on any atom is 0.412 e. The zero-order chi connectivity index (χ0) is 21.9. The molecule has 1 fully saturated rings. The van der Waals surface area contributed by atoms with E-state index in [0.29, 0.717) is 31.6 Å². The number of likely N-dealkylation sites (tertiary alicyclic amines) is 1. The highest BCUT2D eigenvalue weighted by molar-refractivity contribution is 5.87. The number of carbonyl (C=O) groups is 3. The summed E-state index contributed by atoms with van der Waals surface area (Å²) >= 11 is 0. The van der Waals surface area contributed by atoms with E-state index in [1.54, 1.807) is 4.90 Å². The predicted molar refractivity (Wildman–Crippen MR) is 115 cm³/mol. The third-order valence-electron chi connectivity index (χ3n) is 5.53. The molecule has 30 heavy (non-hydrogen) atoms. The normalized spacial score (nSPS) is 19.0. The summed E-state index contributed by atoms with van der Waals surface area (Å²) in [5, 5.41) is 5.95. The van der Waals surface area contributed by atoms with Crippen LogP contribution < -0.4 is 10.6 Å². The van der Waals surface area contributed by atoms with E-state index in [-0.39, 0.29) is 23.8 Å². The maximum atomic E-state index is 12.7. The average Bonchev–Trinajstić information content (AvgIpc) is 3.08. The second-order valence-corrected chi connectivity index (χ2v) is 8.94. The van der Waals surface area contributed by atoms with Crippen LogP contribution in [0.4, 0.5) is 10.5 Å². The molecule has 1 aliphatic heterocycles. The van der Waals surface area contributed by atoms with Crippen LogP contribution in [0.25, 0.3) is 0 Å². The highest BCUT2D eigenvalue weighted by atomic mass is 16.6. The van der Waals surface area contributed by atoms with Gasteiger partial charge in [-0.2, -0.15) is 0 Å². The zero-order valence-corrected chi connectivity index (χ0v) is 18.0. The lowest BCUT2D eigenvalue weighted by molar-refractivity contribution is -0.132. The van der Waals surface area contributed by atoms with Crippen LogP contribution in [0.1, 0.15) is 57.2 Å². The number of carbonyl (C=O) groups excluding carboxylic acids is 3. The standard InChI is InChI=1S/C23H31N3O4/c1-5-20(27)26-12-10-15(11-13-26)21(28)25-19-9-6-16-14-17(7-8-18(16)19)24-22(29)30-23(2,3)4/h5,7-8,14-15,19H,1,6,9-13H2,2-4H3,(H,24,29)(H,25,28). The van der Waals surface area contributed by atoms with Crippen molar-refractivity contribution in [2.24, 2.45) is 5.92 Å². The van der Waals surface area contributed by atoms with Gasteiger partial charge in [-0.15, -0.1) is 0 Å². The first-order valence-electron chi connectivity index (χ1n) is 10.5. The Balaban J connectivity index is 1.56. The van der Waals surface area contributed by atoms with Gasteiger partial charge in [0, 0.05) is 24.7 Å². The number of amides is 3. The van der Waals surface area contributed by atoms with Gasteiger partial charge in [0.25, 0.3) is 0 Å². The van der Waals surface area contributed by atoms with Gasteiger partial charge in [0.2, 0.25) is 11.8 Å². The number of nitrogens with zero attached hydrogens (tertiary/aromatic N) is 1. The van der Waals surface area contributed by atoms with Crippen LogP contribution >= 0.6 is 0 Å². The lowest BCUT2D eigenvalue weighted by Gasteiger charge is -2.31. The number of nitrogens with one attached hydrogen (secondary N) is 2. The third-order valence-corrected chi connectivity index (χ3v) is 5.53. The molecule has 1 atom stereocenters. The van der Waals surface area contributed by atoms with Gasteiger partial charge in [-0.1, -0.05) is 12.6 Å². The number of aryl methyl sites for hydroxylation is 1. The van der Waals surface area contributed by atoms with Crippen molar-refractivity contribution >= 4 is 23.6 Å². The minimum atomic E-state index is -0.550. The first kappa shape index (κ1) is 21.9. The Morgan fingerprint density at radius 1 is 1.17 bits per heavy atom. The molecule has 1 aliphatic carbocycles. The van der Waals surface area contributed by atoms with Gasteiger partial charge in [0.1, 0.15) is 5.60 Å². The average molecular weight is 414 g/mol. The van der Waals surface area contributed by atoms with E-state index in [4.69, 9.17) is 4.74 Å². The zero-order valence-electron chi connectivity index (χ0n) is 18.0. The van der Waals surface area contributed by atoms with Gasteiger partial charge in [0.15, 0.2) is 0 Å². The quantitative estimate of drug-likeness (QED) is 0.739. The summed E-state index contributed by atoms with van der Waals surface area (Å²) in [7, 11) is 0. The lowest BCUT2D eigenvalue weighted by atomic mass is 9.95. The van der Waals surface area contributed by atoms with Gasteiger partial charge >= 0.3 is 6.09 Å². The van der Waals surface area contributed by atoms with Crippen molar-refractivity contribution in [2.45, 2.75) is 58.1 Å². The molecule has 0 bridgehead atoms. The Hall–Kier alpha value is -2.83. The molecule has 2 aliphatic rings. The van der Waals surface area contributed by atoms with Crippen LogP contribution in [0.2, 0.25) is 0 Å². The minimum absolute atomic E-state index is 0.0177. The molecule has 0 saturated carbocycles. The van der Waals surface area contributed by atoms with Gasteiger partial charge in [-0.05, 0) is 75.8 Å². The smallest absolute Gasteiger partial charge is 0.412 e. The molecular formula is C23H31N3O4. The van der Waals surface area contributed by atoms with E-state index in [9.17, 15) is 14.4 Å². The topological polar surface area (TPSA) is 87.7 Å². The molecule has 162 valence electrons. The molecule has 1 aromatic rings. The fraction of sp³-hybridized carbons (Fsp3) is 0.522. The molecule has 1 saturated heterocycles. The van der Waals surface area contributed by atoms with E-state index in [1.807, 2.05) is 39.0 Å². The predicted octanol–water partition coefficient (Wildman–Crippen LogP) is 3.56. The number of benzene rings is 1. The molecule has 3 amide bonds. The van der Waals surface area contributed by atoms with E-state index in [0.717, 1.165) is 24.0 Å². The molecule has 1 heterocycles. The minimum Gasteiger partial charge on any atom is -0.444 e. The van der Waals surface area contributed by atoms with Crippen LogP contribution in [-0.4, -0.2) is 41.5 Å². The second-order valence-electron chi connectivity index (χ2n) is 8.94. The Labute approximate surface area is 177 Å². The van der Waals surface area contributed by atoms with E-state index < -0.39 is 11.7 Å². The molecule has 7 heteroatoms. The van der Waals surface area contributed by atoms with Gasteiger partial charge in [-0.25, -0.2) is 4.79 Å². The van der Waals surface area contributed by atoms with Crippen molar-refractivity contribution in [1.82, 2.24) is 10.2 Å². The van der Waals surface area contributed by atoms with Crippen molar-refractivity contribution in [2.75, 3.05) is 18.4 Å². The Kier molecular flexibility index (Phi) is 6.48. The van der Waals surface area contributed by atoms with Crippen LogP contribution in [0, 0.1) is 5.92 Å². The Morgan fingerprint density at radius 3 is 2.50 bits per heavy atom. The molecule has 1 unspecified atom stereocenters. The van der Waals surface area contributed by atoms with Crippen molar-refractivity contribution < 1.29 is 19.1 Å². The number of ether oxygens (including phenoxy) is 1. The van der Waals surface area contributed by atoms with Crippen molar-refractivity contribution in [3.8, 4) is 0 Å². The summed E-state index contributed by atoms with van der Waals surface area (Å²) in [5.74, 6) is -0.0973. The highest BCUT2D eigenvalue weighted by Crippen LogP contribution is 2.33. The number of rotatable bonds is 4. The number of hydrogen-bond donors (Lipinski definition) is 2. The first-order valence-corrected chi connectivity index (χ1v) is 10.5. The summed E-state index contributed by atoms with van der Waals surface area (Å²) in [6.07, 6.45) is 3.86. The summed E-state index contributed by atoms with van der Waals surface area (Å²) in [6.45, 7) is 10.2. The number of fused-ring (bicyclic) bond motifs is 1. The highest BCUT2D eigenvalue weighted by Gasteiger charge is 2.30. The Morgan fingerprint density at radius 2 is 1.87 bits per heavy atom. The molecule has 0 radical (unpaired) electrons. The van der Waals surface area contributed by atoms with Crippen molar-refractivity contribution in [1.29, 1.82) is 0 Å². The van der Waals surface area contributed by atoms with Crippen LogP contribution in [0.15, 0.2) is 30.9 Å². The molecule has 0 spiro atoms. The van der Waals surface area contributed by atoms with Gasteiger partial charge in [0.05, 0.1) is 6.04 Å². The second kappa shape index (κ2) is 8.90. The van der Waals surface area contributed by atoms with Crippen LogP contribution in [0.3, 0.4) is 0 Å². The molecule has 2 N–H and O–H groups in total. The molecule has 3 rings (SSSR count). The first-order chi connectivity index (χ1) is 14.2. The summed E-state index contributed by atoms with van der Waals surface area (Å²) in [6, 6.07) is 5.74. The fourth-order valence-corrected chi connectivity index (χ4v) is 4.05. The van der Waals surface area contributed by atoms with E-state index in [2.05, 4.69) is 17.2 Å². The molecule has 7 nitrogen and oxygen atoms in total. The lowest BCUT2D eigenvalue weighted by Crippen LogP contribution is -2.43. The van der Waals surface area contributed by atoms with Crippen LogP contribution in [-0.2, 0) is 20.7 Å². The van der Waals surface area contributed by atoms with Crippen molar-refractivity contribution in [3.05, 3.63) is 42.0 Å². The maximum absolute atomic E-state index is 12.7. The molecular weight excluding hydrogens is 382 g/mol. The summed E-state index contributed by atoms with van der Waals surface area (Å²) in [5.41, 5.74) is 2.36. The number of piperidine rings is 1.